The zero-order chi connectivity index (χ0) is 15.0. The molecule has 0 unspecified atom stereocenters. The fourth-order valence-electron chi connectivity index (χ4n) is 3.24. The van der Waals surface area contributed by atoms with Crippen molar-refractivity contribution >= 4 is 23.2 Å². The van der Waals surface area contributed by atoms with Gasteiger partial charge in [-0.05, 0) is 38.0 Å². The van der Waals surface area contributed by atoms with E-state index in [2.05, 4.69) is 4.98 Å². The van der Waals surface area contributed by atoms with E-state index in [1.54, 1.807) is 21.7 Å². The number of nitrogens with zero attached hydrogens (tertiary/aromatic N) is 2. The molecule has 1 saturated carbocycles. The van der Waals surface area contributed by atoms with E-state index in [0.29, 0.717) is 31.8 Å². The van der Waals surface area contributed by atoms with Crippen LogP contribution in [-0.4, -0.2) is 40.0 Å². The molecule has 1 N–H and O–H groups in total. The van der Waals surface area contributed by atoms with Crippen molar-refractivity contribution in [2.45, 2.75) is 32.6 Å². The summed E-state index contributed by atoms with van der Waals surface area (Å²) in [5, 5.41) is 9.33. The molecule has 2 atom stereocenters. The summed E-state index contributed by atoms with van der Waals surface area (Å²) in [4.78, 5) is 30.8. The van der Waals surface area contributed by atoms with Gasteiger partial charge < -0.3 is 10.0 Å². The summed E-state index contributed by atoms with van der Waals surface area (Å²) in [5.74, 6) is -0.353. The molecule has 3 rings (SSSR count). The van der Waals surface area contributed by atoms with E-state index in [-0.39, 0.29) is 17.7 Å². The third-order valence-corrected chi connectivity index (χ3v) is 5.67. The quantitative estimate of drug-likeness (QED) is 0.902. The maximum Gasteiger partial charge on any atom is 0.308 e. The smallest absolute Gasteiger partial charge is 0.308 e. The monoisotopic (exact) mass is 308 g/mol. The topological polar surface area (TPSA) is 70.5 Å². The normalized spacial score (nSPS) is 25.3. The molecular weight excluding hydrogens is 288 g/mol. The van der Waals surface area contributed by atoms with Gasteiger partial charge in [0.2, 0.25) is 5.91 Å². The second-order valence-electron chi connectivity index (χ2n) is 6.11. The molecule has 1 saturated heterocycles. The van der Waals surface area contributed by atoms with Gasteiger partial charge in [-0.1, -0.05) is 0 Å². The minimum Gasteiger partial charge on any atom is -0.481 e. The lowest BCUT2D eigenvalue weighted by Crippen LogP contribution is -2.30. The number of carboxylic acids is 1. The number of aromatic nitrogens is 1. The number of hydrogen-bond donors (Lipinski definition) is 1. The van der Waals surface area contributed by atoms with Gasteiger partial charge in [-0.25, -0.2) is 4.98 Å². The Balaban J connectivity index is 1.58. The number of carboxylic acid groups (broad SMARTS) is 1. The van der Waals surface area contributed by atoms with E-state index < -0.39 is 5.97 Å². The Morgan fingerprint density at radius 1 is 1.43 bits per heavy atom. The van der Waals surface area contributed by atoms with Crippen molar-refractivity contribution in [3.8, 4) is 0 Å². The van der Waals surface area contributed by atoms with E-state index in [4.69, 9.17) is 0 Å². The van der Waals surface area contributed by atoms with E-state index >= 15 is 0 Å². The summed E-state index contributed by atoms with van der Waals surface area (Å²) in [5.41, 5.74) is 2.79. The van der Waals surface area contributed by atoms with Crippen LogP contribution in [0.4, 0.5) is 0 Å². The molecule has 1 aliphatic carbocycles. The van der Waals surface area contributed by atoms with Gasteiger partial charge in [-0.15, -0.1) is 11.3 Å². The minimum atomic E-state index is -0.750. The molecular formula is C15H20N2O3S. The van der Waals surface area contributed by atoms with Crippen molar-refractivity contribution in [1.82, 2.24) is 9.88 Å². The summed E-state index contributed by atoms with van der Waals surface area (Å²) in [6, 6.07) is 0. The van der Waals surface area contributed by atoms with Crippen LogP contribution in [0, 0.1) is 24.7 Å². The summed E-state index contributed by atoms with van der Waals surface area (Å²) in [6.07, 6.45) is 3.40. The number of rotatable bonds is 5. The standard InChI is InChI=1S/C15H20N2O3S/c1-9-13(21-8-16-9)4-5-14(18)17-6-11(10-2-3-10)12(7-17)15(19)20/h8,10-12H,2-7H2,1H3,(H,19,20)/t11-,12+/m1/s1. The second kappa shape index (κ2) is 5.75. The fraction of sp³-hybridized carbons (Fsp3) is 0.667. The molecule has 2 fully saturated rings. The number of carbonyl (C=O) groups is 2. The molecule has 114 valence electrons. The SMILES string of the molecule is Cc1ncsc1CCC(=O)N1C[C@H](C(=O)O)[C@@H](C2CC2)C1. The van der Waals surface area contributed by atoms with Crippen molar-refractivity contribution in [3.63, 3.8) is 0 Å². The Hall–Kier alpha value is -1.43. The van der Waals surface area contributed by atoms with Gasteiger partial charge in [0.15, 0.2) is 0 Å². The summed E-state index contributed by atoms with van der Waals surface area (Å²) in [6.45, 7) is 2.97. The first-order valence-corrected chi connectivity index (χ1v) is 8.33. The zero-order valence-electron chi connectivity index (χ0n) is 12.1. The minimum absolute atomic E-state index is 0.0807. The van der Waals surface area contributed by atoms with E-state index in [1.807, 2.05) is 6.92 Å². The van der Waals surface area contributed by atoms with Crippen LogP contribution in [0.15, 0.2) is 5.51 Å². The highest BCUT2D eigenvalue weighted by Gasteiger charge is 2.46. The number of hydrogen-bond acceptors (Lipinski definition) is 4. The molecule has 0 aromatic carbocycles. The third kappa shape index (κ3) is 3.10. The zero-order valence-corrected chi connectivity index (χ0v) is 12.9. The van der Waals surface area contributed by atoms with Crippen LogP contribution in [0.25, 0.3) is 0 Å². The predicted octanol–water partition coefficient (Wildman–Crippen LogP) is 1.95. The van der Waals surface area contributed by atoms with Crippen molar-refractivity contribution in [3.05, 3.63) is 16.1 Å². The Bertz CT molecular complexity index is 553. The van der Waals surface area contributed by atoms with Gasteiger partial charge in [0.05, 0.1) is 17.1 Å². The fourth-order valence-corrected chi connectivity index (χ4v) is 4.02. The van der Waals surface area contributed by atoms with E-state index in [1.165, 1.54) is 0 Å². The van der Waals surface area contributed by atoms with Gasteiger partial charge >= 0.3 is 5.97 Å². The van der Waals surface area contributed by atoms with Gasteiger partial charge in [0.25, 0.3) is 0 Å². The van der Waals surface area contributed by atoms with Gasteiger partial charge in [0, 0.05) is 24.4 Å². The molecule has 0 radical (unpaired) electrons. The second-order valence-corrected chi connectivity index (χ2v) is 7.05. The third-order valence-electron chi connectivity index (χ3n) is 4.67. The van der Waals surface area contributed by atoms with Gasteiger partial charge in [0.1, 0.15) is 0 Å². The number of aliphatic carboxylic acids is 1. The largest absolute Gasteiger partial charge is 0.481 e. The van der Waals surface area contributed by atoms with Gasteiger partial charge in [-0.3, -0.25) is 9.59 Å². The summed E-state index contributed by atoms with van der Waals surface area (Å²) in [7, 11) is 0. The number of thiazole rings is 1. The highest BCUT2D eigenvalue weighted by molar-refractivity contribution is 7.09. The average molecular weight is 308 g/mol. The number of likely N-dealkylation sites (tertiary alicyclic amines) is 1. The number of amides is 1. The summed E-state index contributed by atoms with van der Waals surface area (Å²) < 4.78 is 0. The predicted molar refractivity (Wildman–Crippen MR) is 79.1 cm³/mol. The molecule has 1 aromatic heterocycles. The van der Waals surface area contributed by atoms with Crippen LogP contribution >= 0.6 is 11.3 Å². The number of aryl methyl sites for hydroxylation is 2. The van der Waals surface area contributed by atoms with Crippen molar-refractivity contribution in [2.75, 3.05) is 13.1 Å². The van der Waals surface area contributed by atoms with Crippen molar-refractivity contribution in [2.24, 2.45) is 17.8 Å². The first kappa shape index (κ1) is 14.5. The van der Waals surface area contributed by atoms with Crippen molar-refractivity contribution < 1.29 is 14.7 Å². The highest BCUT2D eigenvalue weighted by Crippen LogP contribution is 2.44. The molecule has 1 aromatic rings. The Labute approximate surface area is 128 Å². The maximum atomic E-state index is 12.3. The Kier molecular flexibility index (Phi) is 3.97. The molecule has 0 spiro atoms. The van der Waals surface area contributed by atoms with Crippen LogP contribution in [0.1, 0.15) is 29.8 Å². The summed E-state index contributed by atoms with van der Waals surface area (Å²) >= 11 is 1.58. The van der Waals surface area contributed by atoms with E-state index in [0.717, 1.165) is 23.4 Å². The molecule has 2 aliphatic rings. The molecule has 1 amide bonds. The highest BCUT2D eigenvalue weighted by atomic mass is 32.1. The number of carbonyl (C=O) groups excluding carboxylic acids is 1. The maximum absolute atomic E-state index is 12.3. The first-order chi connectivity index (χ1) is 10.1. The molecule has 0 bridgehead atoms. The Morgan fingerprint density at radius 2 is 2.19 bits per heavy atom. The van der Waals surface area contributed by atoms with Crippen molar-refractivity contribution in [1.29, 1.82) is 0 Å². The average Bonchev–Trinajstić information content (AvgIpc) is 3.06. The van der Waals surface area contributed by atoms with Gasteiger partial charge in [-0.2, -0.15) is 0 Å². The molecule has 5 nitrogen and oxygen atoms in total. The Morgan fingerprint density at radius 3 is 2.76 bits per heavy atom. The lowest BCUT2D eigenvalue weighted by Gasteiger charge is -2.16. The van der Waals surface area contributed by atoms with Crippen LogP contribution < -0.4 is 0 Å². The van der Waals surface area contributed by atoms with Crippen LogP contribution in [-0.2, 0) is 16.0 Å². The molecule has 6 heteroatoms. The molecule has 1 aliphatic heterocycles. The van der Waals surface area contributed by atoms with E-state index in [9.17, 15) is 14.7 Å². The lowest BCUT2D eigenvalue weighted by atomic mass is 9.92. The lowest BCUT2D eigenvalue weighted by molar-refractivity contribution is -0.142. The van der Waals surface area contributed by atoms with Crippen LogP contribution in [0.5, 0.6) is 0 Å². The molecule has 2 heterocycles. The van der Waals surface area contributed by atoms with Crippen LogP contribution in [0.2, 0.25) is 0 Å². The first-order valence-electron chi connectivity index (χ1n) is 7.45. The molecule has 21 heavy (non-hydrogen) atoms. The van der Waals surface area contributed by atoms with Crippen LogP contribution in [0.3, 0.4) is 0 Å².